The molecule has 0 radical (unpaired) electrons. The van der Waals surface area contributed by atoms with E-state index >= 15 is 0 Å². The van der Waals surface area contributed by atoms with Crippen molar-refractivity contribution in [2.24, 2.45) is 0 Å². The third-order valence-electron chi connectivity index (χ3n) is 12.6. The van der Waals surface area contributed by atoms with Gasteiger partial charge in [0.05, 0.1) is 31.1 Å². The minimum atomic E-state index is -0.0555. The van der Waals surface area contributed by atoms with Gasteiger partial charge < -0.3 is 19.3 Å². The van der Waals surface area contributed by atoms with Crippen molar-refractivity contribution in [1.82, 2.24) is 0 Å². The topological polar surface area (TPSA) is 53.1 Å². The van der Waals surface area contributed by atoms with E-state index in [1.165, 1.54) is 38.4 Å². The molecule has 3 aliphatic rings. The predicted molar refractivity (Wildman–Crippen MR) is 251 cm³/mol. The zero-order valence-corrected chi connectivity index (χ0v) is 35.4. The van der Waals surface area contributed by atoms with Gasteiger partial charge in [-0.3, -0.25) is 0 Å². The lowest BCUT2D eigenvalue weighted by atomic mass is 9.68. The zero-order valence-electron chi connectivity index (χ0n) is 35.4. The Morgan fingerprint density at radius 2 is 1.33 bits per heavy atom. The summed E-state index contributed by atoms with van der Waals surface area (Å²) in [6.45, 7) is 19.1. The van der Waals surface area contributed by atoms with Crippen molar-refractivity contribution in [2.75, 3.05) is 30.0 Å². The number of benzene rings is 6. The van der Waals surface area contributed by atoms with Crippen LogP contribution < -0.4 is 14.5 Å². The summed E-state index contributed by atoms with van der Waals surface area (Å²) in [6.07, 6.45) is 13.5. The van der Waals surface area contributed by atoms with Gasteiger partial charge in [0.2, 0.25) is 0 Å². The van der Waals surface area contributed by atoms with Gasteiger partial charge in [-0.1, -0.05) is 119 Å². The number of nitrogens with zero attached hydrogens (tertiary/aromatic N) is 4. The van der Waals surface area contributed by atoms with Crippen LogP contribution in [0.25, 0.3) is 38.5 Å². The first-order valence-electron chi connectivity index (χ1n) is 20.9. The van der Waals surface area contributed by atoms with E-state index in [1.54, 1.807) is 19.3 Å². The number of ether oxygens (including phenoxy) is 2. The van der Waals surface area contributed by atoms with Gasteiger partial charge in [0.25, 0.3) is 5.70 Å². The number of fused-ring (bicyclic) bond motifs is 2. The molecular formula is C55H48N4O2. The van der Waals surface area contributed by atoms with Crippen LogP contribution >= 0.6 is 0 Å². The van der Waals surface area contributed by atoms with Gasteiger partial charge in [-0.05, 0) is 112 Å². The van der Waals surface area contributed by atoms with Crippen LogP contribution in [0.1, 0.15) is 62.8 Å². The molecule has 0 saturated carbocycles. The number of anilines is 4. The molecule has 6 aromatic carbocycles. The fourth-order valence-corrected chi connectivity index (χ4v) is 9.21. The second-order valence-electron chi connectivity index (χ2n) is 17.3. The molecule has 61 heavy (non-hydrogen) atoms. The van der Waals surface area contributed by atoms with E-state index in [0.717, 1.165) is 59.9 Å². The maximum Gasteiger partial charge on any atom is 0.269 e. The maximum atomic E-state index is 9.90. The van der Waals surface area contributed by atoms with E-state index < -0.39 is 0 Å². The van der Waals surface area contributed by atoms with Crippen LogP contribution in [0.5, 0.6) is 5.75 Å². The van der Waals surface area contributed by atoms with Crippen LogP contribution in [0.15, 0.2) is 162 Å². The van der Waals surface area contributed by atoms with Crippen LogP contribution in [-0.4, -0.2) is 20.2 Å². The van der Waals surface area contributed by atoms with Crippen molar-refractivity contribution >= 4 is 56.4 Å². The van der Waals surface area contributed by atoms with Gasteiger partial charge in [-0.2, -0.15) is 0 Å². The first-order valence-corrected chi connectivity index (χ1v) is 20.9. The molecule has 0 unspecified atom stereocenters. The third kappa shape index (κ3) is 7.26. The molecule has 0 spiro atoms. The molecular weight excluding hydrogens is 749 g/mol. The molecule has 0 aliphatic carbocycles. The molecule has 0 amide bonds. The summed E-state index contributed by atoms with van der Waals surface area (Å²) in [7, 11) is 1.76. The third-order valence-corrected chi connectivity index (χ3v) is 12.6. The van der Waals surface area contributed by atoms with E-state index in [1.807, 2.05) is 24.3 Å². The summed E-state index contributed by atoms with van der Waals surface area (Å²) < 4.78 is 12.7. The van der Waals surface area contributed by atoms with E-state index in [-0.39, 0.29) is 16.5 Å². The highest BCUT2D eigenvalue weighted by molar-refractivity contribution is 6.04. The molecule has 0 atom stereocenters. The lowest BCUT2D eigenvalue weighted by Gasteiger charge is -2.48. The standard InChI is InChI=1S/C55H48N4O2/c1-54(2)29-31-58-32-30-55(3,4)51-52(58)47(54)35-40(53(51)60-6)24-28-44-34-41(48(36-56)57-5)33-43(61-44)27-23-37-21-25-42(26-22-37)59(49-19-11-15-38-13-7-9-17-45(38)49)50-20-12-16-39-14-8-10-18-46(39)50/h7-28,33-35H,29-32H2,1-4,6H3/b27-23+,28-24+,48-41-. The Hall–Kier alpha value is -7.28. The first-order chi connectivity index (χ1) is 29.6. The fraction of sp³-hybridized carbons (Fsp3) is 0.200. The SMILES string of the molecule is [C-]#[N+]/C(C#N)=C1C=C(/C=C/c2ccc(N(c3cccc4ccccc34)c3cccc4ccccc34)cc2)OC(/C=C/c2cc3c4c(c2OC)C(C)(C)CCN4CCC3(C)C)=C/1. The molecule has 0 fully saturated rings. The molecule has 3 heterocycles. The number of hydrogen-bond acceptors (Lipinski definition) is 5. The van der Waals surface area contributed by atoms with Crippen molar-refractivity contribution in [2.45, 2.75) is 51.4 Å². The van der Waals surface area contributed by atoms with E-state index in [4.69, 9.17) is 16.0 Å². The van der Waals surface area contributed by atoms with Gasteiger partial charge in [0.1, 0.15) is 17.3 Å². The number of rotatable bonds is 8. The molecule has 0 saturated heterocycles. The summed E-state index contributed by atoms with van der Waals surface area (Å²) >= 11 is 0. The number of nitriles is 1. The maximum absolute atomic E-state index is 9.90. The molecule has 9 rings (SSSR count). The zero-order chi connectivity index (χ0) is 42.3. The molecule has 0 N–H and O–H groups in total. The molecule has 6 nitrogen and oxygen atoms in total. The Kier molecular flexibility index (Phi) is 10.1. The van der Waals surface area contributed by atoms with Crippen LogP contribution in [0, 0.1) is 17.9 Å². The average Bonchev–Trinajstić information content (AvgIpc) is 3.28. The minimum Gasteiger partial charge on any atom is -0.496 e. The average molecular weight is 797 g/mol. The smallest absolute Gasteiger partial charge is 0.269 e. The van der Waals surface area contributed by atoms with Gasteiger partial charge in [0, 0.05) is 46.4 Å². The van der Waals surface area contributed by atoms with Gasteiger partial charge in [0.15, 0.2) is 0 Å². The van der Waals surface area contributed by atoms with E-state index in [0.29, 0.717) is 17.1 Å². The summed E-state index contributed by atoms with van der Waals surface area (Å²) in [5, 5.41) is 14.6. The highest BCUT2D eigenvalue weighted by Gasteiger charge is 2.42. The lowest BCUT2D eigenvalue weighted by molar-refractivity contribution is 0.332. The summed E-state index contributed by atoms with van der Waals surface area (Å²) in [5.41, 5.74) is 9.57. The molecule has 6 heteroatoms. The van der Waals surface area contributed by atoms with Crippen molar-refractivity contribution in [1.29, 1.82) is 5.26 Å². The normalized spacial score (nSPS) is 17.3. The fourth-order valence-electron chi connectivity index (χ4n) is 9.21. The number of hydrogen-bond donors (Lipinski definition) is 0. The summed E-state index contributed by atoms with van der Waals surface area (Å²) in [4.78, 5) is 8.42. The largest absolute Gasteiger partial charge is 0.496 e. The quantitative estimate of drug-likeness (QED) is 0.113. The van der Waals surface area contributed by atoms with Crippen molar-refractivity contribution < 1.29 is 9.47 Å². The molecule has 3 aliphatic heterocycles. The highest BCUT2D eigenvalue weighted by atomic mass is 16.5. The number of allylic oxidation sites excluding steroid dienone is 6. The first kappa shape index (κ1) is 39.2. The Morgan fingerprint density at radius 1 is 0.754 bits per heavy atom. The minimum absolute atomic E-state index is 0.00537. The highest BCUT2D eigenvalue weighted by Crippen LogP contribution is 2.54. The Balaban J connectivity index is 1.05. The van der Waals surface area contributed by atoms with Gasteiger partial charge in [-0.25, -0.2) is 10.1 Å². The van der Waals surface area contributed by atoms with Crippen LogP contribution in [0.4, 0.5) is 22.7 Å². The van der Waals surface area contributed by atoms with E-state index in [2.05, 4.69) is 164 Å². The Morgan fingerprint density at radius 3 is 1.92 bits per heavy atom. The summed E-state index contributed by atoms with van der Waals surface area (Å²) in [5.74, 6) is 1.93. The predicted octanol–water partition coefficient (Wildman–Crippen LogP) is 13.9. The molecule has 0 aromatic heterocycles. The number of methoxy groups -OCH3 is 1. The molecule has 0 bridgehead atoms. The Bertz CT molecular complexity index is 2860. The van der Waals surface area contributed by atoms with E-state index in [9.17, 15) is 5.26 Å². The molecule has 300 valence electrons. The van der Waals surface area contributed by atoms with Gasteiger partial charge in [-0.15, -0.1) is 0 Å². The second kappa shape index (κ2) is 15.7. The summed E-state index contributed by atoms with van der Waals surface area (Å²) in [6, 6.07) is 42.8. The Labute approximate surface area is 359 Å². The van der Waals surface area contributed by atoms with Crippen molar-refractivity contribution in [3.05, 3.63) is 196 Å². The monoisotopic (exact) mass is 796 g/mol. The van der Waals surface area contributed by atoms with Gasteiger partial charge >= 0.3 is 0 Å². The van der Waals surface area contributed by atoms with Crippen molar-refractivity contribution in [3.63, 3.8) is 0 Å². The van der Waals surface area contributed by atoms with Crippen LogP contribution in [0.3, 0.4) is 0 Å². The van der Waals surface area contributed by atoms with Crippen molar-refractivity contribution in [3.8, 4) is 11.8 Å². The second-order valence-corrected chi connectivity index (χ2v) is 17.3. The van der Waals surface area contributed by atoms with Crippen LogP contribution in [-0.2, 0) is 15.6 Å². The molecule has 6 aromatic rings. The van der Waals surface area contributed by atoms with Crippen LogP contribution in [0.2, 0.25) is 0 Å². The lowest BCUT2D eigenvalue weighted by Crippen LogP contribution is -2.45.